The Morgan fingerprint density at radius 3 is 2.32 bits per heavy atom. The molecule has 2 aromatic carbocycles. The van der Waals surface area contributed by atoms with Crippen molar-refractivity contribution in [1.82, 2.24) is 0 Å². The number of ether oxygens (including phenoxy) is 1. The normalized spacial score (nSPS) is 11.5. The molecule has 2 heteroatoms. The van der Waals surface area contributed by atoms with Crippen LogP contribution in [0.15, 0.2) is 36.4 Å². The Bertz CT molecular complexity index is 546. The smallest absolute Gasteiger partial charge is 0.0720 e. The van der Waals surface area contributed by atoms with Crippen LogP contribution in [0, 0.1) is 0 Å². The molecule has 2 nitrogen and oxygen atoms in total. The van der Waals surface area contributed by atoms with Crippen LogP contribution in [-0.2, 0) is 11.3 Å². The van der Waals surface area contributed by atoms with Crippen LogP contribution in [0.3, 0.4) is 0 Å². The van der Waals surface area contributed by atoms with E-state index in [0.717, 1.165) is 0 Å². The highest BCUT2D eigenvalue weighted by Gasteiger charge is 2.01. The van der Waals surface area contributed by atoms with Crippen molar-refractivity contribution in [3.8, 4) is 0 Å². The maximum Gasteiger partial charge on any atom is 0.0720 e. The average Bonchev–Trinajstić information content (AvgIpc) is 2.35. The topological polar surface area (TPSA) is 21.3 Å². The van der Waals surface area contributed by atoms with E-state index in [4.69, 9.17) is 4.74 Å². The van der Waals surface area contributed by atoms with Gasteiger partial charge in [0.1, 0.15) is 0 Å². The van der Waals surface area contributed by atoms with Crippen molar-refractivity contribution in [2.45, 2.75) is 46.4 Å². The van der Waals surface area contributed by atoms with Crippen LogP contribution < -0.4 is 5.32 Å². The summed E-state index contributed by atoms with van der Waals surface area (Å²) in [6.07, 6.45) is 0.272. The monoisotopic (exact) mass is 257 g/mol. The Morgan fingerprint density at radius 1 is 0.947 bits per heavy atom. The molecule has 0 unspecified atom stereocenters. The molecule has 0 aromatic heterocycles. The lowest BCUT2D eigenvalue weighted by molar-refractivity contribution is 0.0658. The molecule has 0 atom stereocenters. The van der Waals surface area contributed by atoms with Crippen molar-refractivity contribution in [3.63, 3.8) is 0 Å². The summed E-state index contributed by atoms with van der Waals surface area (Å²) in [6, 6.07) is 13.5. The Hall–Kier alpha value is -1.54. The summed E-state index contributed by atoms with van der Waals surface area (Å²) >= 11 is 0. The minimum absolute atomic E-state index is 0.272. The molecule has 2 rings (SSSR count). The van der Waals surface area contributed by atoms with E-state index in [1.54, 1.807) is 0 Å². The van der Waals surface area contributed by atoms with Gasteiger partial charge in [-0.2, -0.15) is 0 Å². The minimum Gasteiger partial charge on any atom is -0.383 e. The van der Waals surface area contributed by atoms with Crippen LogP contribution in [-0.4, -0.2) is 12.1 Å². The second-order valence-electron chi connectivity index (χ2n) is 5.56. The first-order valence-electron chi connectivity index (χ1n) is 6.95. The summed E-state index contributed by atoms with van der Waals surface area (Å²) in [5.41, 5.74) is 2.40. The predicted molar refractivity (Wildman–Crippen MR) is 82.6 cm³/mol. The summed E-state index contributed by atoms with van der Waals surface area (Å²) in [5, 5.41) is 5.95. The van der Waals surface area contributed by atoms with Crippen molar-refractivity contribution in [1.29, 1.82) is 0 Å². The molecule has 0 bridgehead atoms. The van der Waals surface area contributed by atoms with Gasteiger partial charge in [-0.05, 0) is 62.2 Å². The standard InChI is InChI=1S/C17H23NO/c1-12(2)18-17-8-7-15-9-14(11-19-13(3)4)5-6-16(15)10-17/h5-10,12-13,18H,11H2,1-4H3. The van der Waals surface area contributed by atoms with E-state index < -0.39 is 0 Å². The molecule has 0 aliphatic heterocycles. The van der Waals surface area contributed by atoms with Gasteiger partial charge in [-0.25, -0.2) is 0 Å². The first kappa shape index (κ1) is 13.9. The highest BCUT2D eigenvalue weighted by atomic mass is 16.5. The molecule has 0 heterocycles. The van der Waals surface area contributed by atoms with E-state index in [1.807, 2.05) is 0 Å². The third-order valence-corrected chi connectivity index (χ3v) is 2.94. The maximum atomic E-state index is 5.64. The second-order valence-corrected chi connectivity index (χ2v) is 5.56. The van der Waals surface area contributed by atoms with E-state index in [-0.39, 0.29) is 6.10 Å². The fourth-order valence-electron chi connectivity index (χ4n) is 2.07. The van der Waals surface area contributed by atoms with Crippen molar-refractivity contribution in [3.05, 3.63) is 42.0 Å². The van der Waals surface area contributed by atoms with Crippen LogP contribution in [0.1, 0.15) is 33.3 Å². The van der Waals surface area contributed by atoms with Gasteiger partial charge in [0.2, 0.25) is 0 Å². The summed E-state index contributed by atoms with van der Waals surface area (Å²) in [4.78, 5) is 0. The lowest BCUT2D eigenvalue weighted by atomic mass is 10.1. The Labute approximate surface area is 115 Å². The maximum absolute atomic E-state index is 5.64. The van der Waals surface area contributed by atoms with Gasteiger partial charge in [-0.3, -0.25) is 0 Å². The second kappa shape index (κ2) is 6.07. The summed E-state index contributed by atoms with van der Waals surface area (Å²) in [7, 11) is 0. The molecule has 0 spiro atoms. The molecule has 0 radical (unpaired) electrons. The number of rotatable bonds is 5. The van der Waals surface area contributed by atoms with Gasteiger partial charge in [-0.1, -0.05) is 18.2 Å². The van der Waals surface area contributed by atoms with Crippen LogP contribution in [0.2, 0.25) is 0 Å². The molecule has 0 saturated heterocycles. The van der Waals surface area contributed by atoms with Crippen LogP contribution >= 0.6 is 0 Å². The third-order valence-electron chi connectivity index (χ3n) is 2.94. The average molecular weight is 257 g/mol. The highest BCUT2D eigenvalue weighted by molar-refractivity contribution is 5.86. The molecule has 0 aliphatic rings. The molecule has 0 fully saturated rings. The lowest BCUT2D eigenvalue weighted by Crippen LogP contribution is -2.09. The number of benzene rings is 2. The van der Waals surface area contributed by atoms with Crippen LogP contribution in [0.4, 0.5) is 5.69 Å². The summed E-state index contributed by atoms with van der Waals surface area (Å²) < 4.78 is 5.64. The Balaban J connectivity index is 2.20. The zero-order valence-electron chi connectivity index (χ0n) is 12.2. The highest BCUT2D eigenvalue weighted by Crippen LogP contribution is 2.21. The SMILES string of the molecule is CC(C)Nc1ccc2cc(COC(C)C)ccc2c1. The fraction of sp³-hybridized carbons (Fsp3) is 0.412. The van der Waals surface area contributed by atoms with Crippen molar-refractivity contribution >= 4 is 16.5 Å². The fourth-order valence-corrected chi connectivity index (χ4v) is 2.07. The minimum atomic E-state index is 0.272. The molecule has 19 heavy (non-hydrogen) atoms. The number of anilines is 1. The molecule has 1 N–H and O–H groups in total. The number of hydrogen-bond donors (Lipinski definition) is 1. The van der Waals surface area contributed by atoms with Crippen molar-refractivity contribution < 1.29 is 4.74 Å². The Morgan fingerprint density at radius 2 is 1.63 bits per heavy atom. The molecule has 0 amide bonds. The summed E-state index contributed by atoms with van der Waals surface area (Å²) in [6.45, 7) is 9.10. The van der Waals surface area contributed by atoms with Crippen LogP contribution in [0.25, 0.3) is 10.8 Å². The molecular formula is C17H23NO. The molecular weight excluding hydrogens is 234 g/mol. The molecule has 2 aromatic rings. The van der Waals surface area contributed by atoms with Crippen LogP contribution in [0.5, 0.6) is 0 Å². The van der Waals surface area contributed by atoms with Gasteiger partial charge < -0.3 is 10.1 Å². The van der Waals surface area contributed by atoms with E-state index in [1.165, 1.54) is 22.0 Å². The van der Waals surface area contributed by atoms with Gasteiger partial charge in [0, 0.05) is 11.7 Å². The van der Waals surface area contributed by atoms with E-state index in [9.17, 15) is 0 Å². The van der Waals surface area contributed by atoms with E-state index >= 15 is 0 Å². The van der Waals surface area contributed by atoms with Gasteiger partial charge in [0.25, 0.3) is 0 Å². The summed E-state index contributed by atoms with van der Waals surface area (Å²) in [5.74, 6) is 0. The molecule has 0 saturated carbocycles. The quantitative estimate of drug-likeness (QED) is 0.846. The first-order valence-corrected chi connectivity index (χ1v) is 6.95. The van der Waals surface area contributed by atoms with Crippen molar-refractivity contribution in [2.75, 3.05) is 5.32 Å². The zero-order valence-corrected chi connectivity index (χ0v) is 12.2. The molecule has 102 valence electrons. The third kappa shape index (κ3) is 3.97. The number of nitrogens with one attached hydrogen (secondary N) is 1. The lowest BCUT2D eigenvalue weighted by Gasteiger charge is -2.12. The number of hydrogen-bond acceptors (Lipinski definition) is 2. The predicted octanol–water partition coefficient (Wildman–Crippen LogP) is 4.59. The number of fused-ring (bicyclic) bond motifs is 1. The first-order chi connectivity index (χ1) is 9.04. The van der Waals surface area contributed by atoms with Crippen molar-refractivity contribution in [2.24, 2.45) is 0 Å². The largest absolute Gasteiger partial charge is 0.383 e. The van der Waals surface area contributed by atoms with E-state index in [0.29, 0.717) is 12.6 Å². The Kier molecular flexibility index (Phi) is 4.43. The van der Waals surface area contributed by atoms with Gasteiger partial charge >= 0.3 is 0 Å². The molecule has 0 aliphatic carbocycles. The zero-order chi connectivity index (χ0) is 13.8. The van der Waals surface area contributed by atoms with Gasteiger partial charge in [0.15, 0.2) is 0 Å². The van der Waals surface area contributed by atoms with Gasteiger partial charge in [0.05, 0.1) is 12.7 Å². The van der Waals surface area contributed by atoms with E-state index in [2.05, 4.69) is 69.4 Å². The van der Waals surface area contributed by atoms with Gasteiger partial charge in [-0.15, -0.1) is 0 Å².